The number of aromatic nitrogens is 2. The number of carbonyl (C=O) groups excluding carboxylic acids is 1. The molecule has 1 fully saturated rings. The average molecular weight is 384 g/mol. The monoisotopic (exact) mass is 384 g/mol. The summed E-state index contributed by atoms with van der Waals surface area (Å²) in [6.07, 6.45) is 7.90. The number of hydrogen-bond donors (Lipinski definition) is 4. The molecule has 28 heavy (non-hydrogen) atoms. The Morgan fingerprint density at radius 1 is 1.32 bits per heavy atom. The van der Waals surface area contributed by atoms with Crippen molar-refractivity contribution in [2.45, 2.75) is 51.1 Å². The molecule has 2 aliphatic rings. The number of H-pyrrole nitrogens is 1. The molecule has 1 saturated carbocycles. The van der Waals surface area contributed by atoms with Crippen LogP contribution in [0.15, 0.2) is 41.2 Å². The minimum absolute atomic E-state index is 0.00269. The largest absolute Gasteiger partial charge is 0.365 e. The second-order valence-corrected chi connectivity index (χ2v) is 7.23. The summed E-state index contributed by atoms with van der Waals surface area (Å²) in [4.78, 5) is 23.6. The van der Waals surface area contributed by atoms with E-state index in [9.17, 15) is 9.18 Å². The summed E-state index contributed by atoms with van der Waals surface area (Å²) < 4.78 is 14.5. The number of halogens is 1. The zero-order valence-corrected chi connectivity index (χ0v) is 15.9. The molecule has 4 rings (SSSR count). The highest BCUT2D eigenvalue weighted by Crippen LogP contribution is 2.22. The van der Waals surface area contributed by atoms with Gasteiger partial charge in [0, 0.05) is 41.8 Å². The molecule has 3 heterocycles. The molecule has 0 bridgehead atoms. The van der Waals surface area contributed by atoms with Gasteiger partial charge in [-0.05, 0) is 25.0 Å². The Kier molecular flexibility index (Phi) is 5.27. The first-order valence-electron chi connectivity index (χ1n) is 9.84. The number of rotatable bonds is 5. The second-order valence-electron chi connectivity index (χ2n) is 7.23. The van der Waals surface area contributed by atoms with Crippen LogP contribution in [0.3, 0.4) is 0 Å². The van der Waals surface area contributed by atoms with E-state index >= 15 is 0 Å². The molecule has 0 saturated heterocycles. The number of nitrogens with zero attached hydrogens (tertiary/aromatic N) is 2. The summed E-state index contributed by atoms with van der Waals surface area (Å²) in [5, 5.41) is 10.4. The van der Waals surface area contributed by atoms with Gasteiger partial charge in [-0.3, -0.25) is 9.79 Å². The van der Waals surface area contributed by atoms with E-state index in [0.29, 0.717) is 18.1 Å². The second kappa shape index (κ2) is 8.00. The van der Waals surface area contributed by atoms with Crippen LogP contribution < -0.4 is 16.0 Å². The van der Waals surface area contributed by atoms with Crippen LogP contribution in [-0.2, 0) is 4.79 Å². The molecule has 4 N–H and O–H groups in total. The van der Waals surface area contributed by atoms with E-state index in [2.05, 4.69) is 30.9 Å². The molecule has 2 unspecified atom stereocenters. The predicted octanol–water partition coefficient (Wildman–Crippen LogP) is 2.48. The Balaban J connectivity index is 1.50. The summed E-state index contributed by atoms with van der Waals surface area (Å²) in [7, 11) is 0. The first-order valence-corrected chi connectivity index (χ1v) is 9.84. The summed E-state index contributed by atoms with van der Waals surface area (Å²) >= 11 is 0. The van der Waals surface area contributed by atoms with Crippen LogP contribution in [0.25, 0.3) is 11.0 Å². The topological polar surface area (TPSA) is 94.2 Å². The lowest BCUT2D eigenvalue weighted by Crippen LogP contribution is -2.53. The van der Waals surface area contributed by atoms with Gasteiger partial charge >= 0.3 is 0 Å². The molecule has 1 aliphatic heterocycles. The Bertz CT molecular complexity index is 934. The number of aromatic amines is 1. The van der Waals surface area contributed by atoms with E-state index in [-0.39, 0.29) is 30.4 Å². The number of nitrogens with one attached hydrogen (secondary N) is 4. The third kappa shape index (κ3) is 3.72. The van der Waals surface area contributed by atoms with Gasteiger partial charge in [0.1, 0.15) is 17.3 Å². The Morgan fingerprint density at radius 2 is 2.14 bits per heavy atom. The summed E-state index contributed by atoms with van der Waals surface area (Å²) in [5.41, 5.74) is 1.62. The van der Waals surface area contributed by atoms with Crippen molar-refractivity contribution in [3.8, 4) is 0 Å². The highest BCUT2D eigenvalue weighted by molar-refractivity contribution is 6.09. The standard InChI is InChI=1S/C20H25FN6O/c1-2-17(28)25-15-7-3-4-8-16(15)26-20-14(21)11-24-19(27-20)13-10-23-18-12(13)6-5-9-22-18/h5-6,9-10,15-16,26H,2-4,7-8,11H2,1H3,(H,22,23)(H,24,27)(H,25,28). The van der Waals surface area contributed by atoms with Crippen LogP contribution in [0, 0.1) is 0 Å². The fourth-order valence-corrected chi connectivity index (χ4v) is 3.84. The lowest BCUT2D eigenvalue weighted by atomic mass is 9.90. The number of hydrogen-bond acceptors (Lipinski definition) is 5. The molecule has 0 aromatic carbocycles. The van der Waals surface area contributed by atoms with E-state index in [1.165, 1.54) is 0 Å². The molecule has 7 nitrogen and oxygen atoms in total. The fourth-order valence-electron chi connectivity index (χ4n) is 3.84. The summed E-state index contributed by atoms with van der Waals surface area (Å²) in [6.45, 7) is 1.82. The minimum Gasteiger partial charge on any atom is -0.365 e. The maximum absolute atomic E-state index is 14.5. The van der Waals surface area contributed by atoms with E-state index in [0.717, 1.165) is 42.3 Å². The molecule has 2 aromatic heterocycles. The van der Waals surface area contributed by atoms with Gasteiger partial charge < -0.3 is 20.9 Å². The third-order valence-corrected chi connectivity index (χ3v) is 5.36. The molecule has 2 aromatic rings. The van der Waals surface area contributed by atoms with Crippen LogP contribution in [0.1, 0.15) is 44.6 Å². The van der Waals surface area contributed by atoms with Crippen molar-refractivity contribution in [2.24, 2.45) is 4.99 Å². The number of fused-ring (bicyclic) bond motifs is 1. The van der Waals surface area contributed by atoms with Crippen molar-refractivity contribution in [3.05, 3.63) is 41.7 Å². The molecule has 1 aliphatic carbocycles. The van der Waals surface area contributed by atoms with Crippen molar-refractivity contribution in [1.29, 1.82) is 0 Å². The van der Waals surface area contributed by atoms with Crippen LogP contribution in [0.5, 0.6) is 0 Å². The molecular formula is C20H25FN6O. The van der Waals surface area contributed by atoms with Gasteiger partial charge in [0.2, 0.25) is 5.91 Å². The highest BCUT2D eigenvalue weighted by atomic mass is 19.1. The first kappa shape index (κ1) is 18.5. The fraction of sp³-hybridized carbons (Fsp3) is 0.450. The summed E-state index contributed by atoms with van der Waals surface area (Å²) in [6, 6.07) is 3.81. The van der Waals surface area contributed by atoms with Crippen molar-refractivity contribution < 1.29 is 9.18 Å². The average Bonchev–Trinajstić information content (AvgIpc) is 3.15. The van der Waals surface area contributed by atoms with Gasteiger partial charge in [-0.15, -0.1) is 0 Å². The molecule has 0 spiro atoms. The minimum atomic E-state index is -0.326. The number of amidine groups is 1. The maximum Gasteiger partial charge on any atom is 0.220 e. The van der Waals surface area contributed by atoms with Gasteiger partial charge in [0.25, 0.3) is 0 Å². The van der Waals surface area contributed by atoms with Crippen LogP contribution in [0.4, 0.5) is 4.39 Å². The van der Waals surface area contributed by atoms with Gasteiger partial charge in [0.15, 0.2) is 5.83 Å². The van der Waals surface area contributed by atoms with Crippen molar-refractivity contribution in [1.82, 2.24) is 25.9 Å². The number of amides is 1. The van der Waals surface area contributed by atoms with Gasteiger partial charge in [-0.1, -0.05) is 19.8 Å². The van der Waals surface area contributed by atoms with E-state index in [1.54, 1.807) is 6.20 Å². The first-order chi connectivity index (χ1) is 13.7. The lowest BCUT2D eigenvalue weighted by Gasteiger charge is -2.35. The Hall–Kier alpha value is -2.90. The molecular weight excluding hydrogens is 359 g/mol. The zero-order valence-electron chi connectivity index (χ0n) is 15.9. The normalized spacial score (nSPS) is 22.6. The van der Waals surface area contributed by atoms with Crippen LogP contribution >= 0.6 is 0 Å². The zero-order chi connectivity index (χ0) is 19.5. The van der Waals surface area contributed by atoms with Crippen molar-refractivity contribution >= 4 is 22.8 Å². The van der Waals surface area contributed by atoms with Gasteiger partial charge in [-0.2, -0.15) is 0 Å². The highest BCUT2D eigenvalue weighted by Gasteiger charge is 2.29. The number of carbonyl (C=O) groups is 1. The molecule has 148 valence electrons. The number of aliphatic imine (C=N–C) groups is 1. The van der Waals surface area contributed by atoms with E-state index in [4.69, 9.17) is 0 Å². The smallest absolute Gasteiger partial charge is 0.220 e. The van der Waals surface area contributed by atoms with Gasteiger partial charge in [-0.25, -0.2) is 9.37 Å². The van der Waals surface area contributed by atoms with Crippen LogP contribution in [0.2, 0.25) is 0 Å². The molecule has 8 heteroatoms. The third-order valence-electron chi connectivity index (χ3n) is 5.36. The SMILES string of the molecule is CCC(=O)NC1CCCCC1NC1=C(F)CN=C(c2c[nH]c3ncccc23)N1. The van der Waals surface area contributed by atoms with Crippen molar-refractivity contribution in [3.63, 3.8) is 0 Å². The van der Waals surface area contributed by atoms with Crippen molar-refractivity contribution in [2.75, 3.05) is 6.54 Å². The van der Waals surface area contributed by atoms with E-state index in [1.807, 2.05) is 25.3 Å². The molecule has 2 atom stereocenters. The number of pyridine rings is 1. The van der Waals surface area contributed by atoms with E-state index < -0.39 is 0 Å². The quantitative estimate of drug-likeness (QED) is 0.637. The Morgan fingerprint density at radius 3 is 2.96 bits per heavy atom. The Labute approximate surface area is 162 Å². The lowest BCUT2D eigenvalue weighted by molar-refractivity contribution is -0.121. The maximum atomic E-state index is 14.5. The molecule has 0 radical (unpaired) electrons. The predicted molar refractivity (Wildman–Crippen MR) is 106 cm³/mol. The molecule has 1 amide bonds. The van der Waals surface area contributed by atoms with Gasteiger partial charge in [0.05, 0.1) is 6.54 Å². The summed E-state index contributed by atoms with van der Waals surface area (Å²) in [5.74, 6) is 0.644. The van der Waals surface area contributed by atoms with Crippen LogP contribution in [-0.4, -0.2) is 40.3 Å².